The second-order valence-corrected chi connectivity index (χ2v) is 5.57. The van der Waals surface area contributed by atoms with Gasteiger partial charge in [-0.05, 0) is 17.9 Å². The van der Waals surface area contributed by atoms with Crippen molar-refractivity contribution in [2.45, 2.75) is 26.2 Å². The molecule has 0 radical (unpaired) electrons. The number of Topliss-reactive ketones (excluding diaryl/α,β-unsaturated/α-hetero) is 1. The number of nitrogens with zero attached hydrogens (tertiary/aromatic N) is 2. The van der Waals surface area contributed by atoms with E-state index < -0.39 is 0 Å². The Hall–Kier alpha value is -1.13. The van der Waals surface area contributed by atoms with E-state index in [0.29, 0.717) is 17.9 Å². The van der Waals surface area contributed by atoms with Gasteiger partial charge < -0.3 is 0 Å². The van der Waals surface area contributed by atoms with E-state index in [0.717, 1.165) is 22.7 Å². The molecule has 0 aliphatic rings. The molecular weight excluding hydrogens is 268 g/mol. The van der Waals surface area contributed by atoms with Crippen molar-refractivity contribution in [1.82, 2.24) is 9.78 Å². The molecule has 0 fully saturated rings. The van der Waals surface area contributed by atoms with E-state index >= 15 is 0 Å². The number of ketones is 1. The highest BCUT2D eigenvalue weighted by atomic mass is 35.5. The fourth-order valence-corrected chi connectivity index (χ4v) is 2.96. The largest absolute Gasteiger partial charge is 0.299 e. The number of rotatable bonds is 5. The molecule has 96 valence electrons. The topological polar surface area (TPSA) is 34.9 Å². The van der Waals surface area contributed by atoms with E-state index in [4.69, 9.17) is 11.6 Å². The zero-order chi connectivity index (χ0) is 13.1. The predicted molar refractivity (Wildman–Crippen MR) is 74.3 cm³/mol. The Balaban J connectivity index is 2.09. The first-order valence-corrected chi connectivity index (χ1v) is 7.12. The van der Waals surface area contributed by atoms with Gasteiger partial charge in [-0.3, -0.25) is 9.48 Å². The van der Waals surface area contributed by atoms with E-state index in [1.54, 1.807) is 16.0 Å². The average molecular weight is 283 g/mol. The first-order valence-electron chi connectivity index (χ1n) is 5.86. The Bertz CT molecular complexity index is 546. The average Bonchev–Trinajstić information content (AvgIpc) is 2.92. The summed E-state index contributed by atoms with van der Waals surface area (Å²) in [5, 5.41) is 6.93. The smallest absolute Gasteiger partial charge is 0.144 e. The predicted octanol–water partition coefficient (Wildman–Crippen LogP) is 3.05. The molecule has 2 aromatic rings. The number of thiophene rings is 1. The Kier molecular flexibility index (Phi) is 4.19. The third-order valence-corrected chi connectivity index (χ3v) is 4.13. The van der Waals surface area contributed by atoms with Crippen LogP contribution in [0.2, 0.25) is 5.02 Å². The third kappa shape index (κ3) is 2.82. The molecule has 2 rings (SSSR count). The maximum atomic E-state index is 12.0. The van der Waals surface area contributed by atoms with Crippen LogP contribution in [0.3, 0.4) is 0 Å². The number of hydrogen-bond acceptors (Lipinski definition) is 3. The summed E-state index contributed by atoms with van der Waals surface area (Å²) in [6.45, 7) is 2.01. The number of carbonyl (C=O) groups excluding carboxylic acids is 1. The number of halogens is 1. The zero-order valence-corrected chi connectivity index (χ0v) is 12.0. The van der Waals surface area contributed by atoms with Crippen molar-refractivity contribution in [3.63, 3.8) is 0 Å². The highest BCUT2D eigenvalue weighted by Crippen LogP contribution is 2.22. The van der Waals surface area contributed by atoms with Gasteiger partial charge in [0.25, 0.3) is 0 Å². The van der Waals surface area contributed by atoms with Crippen LogP contribution in [-0.4, -0.2) is 15.6 Å². The summed E-state index contributed by atoms with van der Waals surface area (Å²) in [6, 6.07) is 3.93. The quantitative estimate of drug-likeness (QED) is 0.845. The molecule has 0 aliphatic carbocycles. The fraction of sp³-hybridized carbons (Fsp3) is 0.385. The van der Waals surface area contributed by atoms with Crippen molar-refractivity contribution >= 4 is 28.7 Å². The van der Waals surface area contributed by atoms with E-state index in [9.17, 15) is 4.79 Å². The molecule has 0 N–H and O–H groups in total. The fourth-order valence-electron chi connectivity index (χ4n) is 1.87. The van der Waals surface area contributed by atoms with Crippen LogP contribution in [0.15, 0.2) is 17.5 Å². The van der Waals surface area contributed by atoms with Crippen molar-refractivity contribution in [3.8, 4) is 0 Å². The van der Waals surface area contributed by atoms with Crippen LogP contribution < -0.4 is 0 Å². The maximum Gasteiger partial charge on any atom is 0.144 e. The standard InChI is InChI=1S/C13H15ClN2OS/c1-3-11-13(14)12(16(2)15-11)8-9(17)7-10-5-4-6-18-10/h4-6H,3,7-8H2,1-2H3. The van der Waals surface area contributed by atoms with Gasteiger partial charge in [-0.25, -0.2) is 0 Å². The molecule has 0 unspecified atom stereocenters. The number of aromatic nitrogens is 2. The van der Waals surface area contributed by atoms with Gasteiger partial charge in [0.2, 0.25) is 0 Å². The number of aryl methyl sites for hydroxylation is 2. The summed E-state index contributed by atoms with van der Waals surface area (Å²) in [7, 11) is 1.83. The second kappa shape index (κ2) is 5.67. The van der Waals surface area contributed by atoms with Gasteiger partial charge in [-0.2, -0.15) is 5.10 Å². The summed E-state index contributed by atoms with van der Waals surface area (Å²) in [5.41, 5.74) is 1.67. The first-order chi connectivity index (χ1) is 8.61. The zero-order valence-electron chi connectivity index (χ0n) is 10.4. The minimum absolute atomic E-state index is 0.171. The van der Waals surface area contributed by atoms with Crippen LogP contribution in [0.25, 0.3) is 0 Å². The van der Waals surface area contributed by atoms with Crippen molar-refractivity contribution in [3.05, 3.63) is 38.8 Å². The van der Waals surface area contributed by atoms with Crippen molar-refractivity contribution in [1.29, 1.82) is 0 Å². The van der Waals surface area contributed by atoms with Crippen LogP contribution >= 0.6 is 22.9 Å². The van der Waals surface area contributed by atoms with Gasteiger partial charge >= 0.3 is 0 Å². The van der Waals surface area contributed by atoms with Crippen molar-refractivity contribution in [2.75, 3.05) is 0 Å². The molecule has 0 bridgehead atoms. The Morgan fingerprint density at radius 3 is 2.83 bits per heavy atom. The van der Waals surface area contributed by atoms with Gasteiger partial charge in [-0.15, -0.1) is 11.3 Å². The van der Waals surface area contributed by atoms with Crippen LogP contribution in [0.1, 0.15) is 23.2 Å². The lowest BCUT2D eigenvalue weighted by molar-refractivity contribution is -0.117. The van der Waals surface area contributed by atoms with Gasteiger partial charge in [0.05, 0.1) is 22.8 Å². The van der Waals surface area contributed by atoms with E-state index in [1.165, 1.54) is 0 Å². The molecule has 0 saturated carbocycles. The van der Waals surface area contributed by atoms with Gasteiger partial charge in [-0.1, -0.05) is 24.6 Å². The van der Waals surface area contributed by atoms with E-state index in [-0.39, 0.29) is 5.78 Å². The molecule has 0 aliphatic heterocycles. The van der Waals surface area contributed by atoms with Crippen LogP contribution in [0.5, 0.6) is 0 Å². The van der Waals surface area contributed by atoms with Crippen molar-refractivity contribution in [2.24, 2.45) is 7.05 Å². The summed E-state index contributed by atoms with van der Waals surface area (Å²) < 4.78 is 1.72. The number of carbonyl (C=O) groups is 1. The van der Waals surface area contributed by atoms with Gasteiger partial charge in [0, 0.05) is 18.3 Å². The molecule has 0 spiro atoms. The molecule has 0 atom stereocenters. The second-order valence-electron chi connectivity index (χ2n) is 4.16. The maximum absolute atomic E-state index is 12.0. The Labute approximate surface area is 115 Å². The van der Waals surface area contributed by atoms with Crippen LogP contribution in [0, 0.1) is 0 Å². The van der Waals surface area contributed by atoms with Crippen LogP contribution in [-0.2, 0) is 31.1 Å². The summed E-state index contributed by atoms with van der Waals surface area (Å²) >= 11 is 7.83. The Morgan fingerprint density at radius 1 is 1.50 bits per heavy atom. The minimum atomic E-state index is 0.171. The monoisotopic (exact) mass is 282 g/mol. The minimum Gasteiger partial charge on any atom is -0.299 e. The molecule has 0 aromatic carbocycles. The summed E-state index contributed by atoms with van der Waals surface area (Å²) in [5.74, 6) is 0.171. The Morgan fingerprint density at radius 2 is 2.28 bits per heavy atom. The molecular formula is C13H15ClN2OS. The molecule has 0 saturated heterocycles. The molecule has 5 heteroatoms. The lowest BCUT2D eigenvalue weighted by Gasteiger charge is -2.01. The SMILES string of the molecule is CCc1nn(C)c(CC(=O)Cc2cccs2)c1Cl. The normalized spacial score (nSPS) is 10.8. The molecule has 18 heavy (non-hydrogen) atoms. The third-order valence-electron chi connectivity index (χ3n) is 2.82. The van der Waals surface area contributed by atoms with Gasteiger partial charge in [0.15, 0.2) is 0 Å². The molecule has 2 aromatic heterocycles. The lowest BCUT2D eigenvalue weighted by atomic mass is 10.1. The van der Waals surface area contributed by atoms with Crippen molar-refractivity contribution < 1.29 is 4.79 Å². The van der Waals surface area contributed by atoms with Crippen LogP contribution in [0.4, 0.5) is 0 Å². The summed E-state index contributed by atoms with van der Waals surface area (Å²) in [6.07, 6.45) is 1.60. The van der Waals surface area contributed by atoms with Gasteiger partial charge in [0.1, 0.15) is 5.78 Å². The first kappa shape index (κ1) is 13.3. The molecule has 3 nitrogen and oxygen atoms in total. The van der Waals surface area contributed by atoms with E-state index in [1.807, 2.05) is 31.5 Å². The highest BCUT2D eigenvalue weighted by molar-refractivity contribution is 7.10. The molecule has 0 amide bonds. The number of hydrogen-bond donors (Lipinski definition) is 0. The summed E-state index contributed by atoms with van der Waals surface area (Å²) in [4.78, 5) is 13.1. The van der Waals surface area contributed by atoms with E-state index in [2.05, 4.69) is 5.10 Å². The lowest BCUT2D eigenvalue weighted by Crippen LogP contribution is -2.09. The highest BCUT2D eigenvalue weighted by Gasteiger charge is 2.16. The molecule has 2 heterocycles.